The first-order valence-electron chi connectivity index (χ1n) is 5.33. The number of hydrogen-bond acceptors (Lipinski definition) is 3. The highest BCUT2D eigenvalue weighted by molar-refractivity contribution is 9.10. The zero-order valence-electron chi connectivity index (χ0n) is 9.64. The molecule has 1 N–H and O–H groups in total. The standard InChI is InChI=1S/C13H9BrClNO3/c14-10-6-8(15)4-5-12(10)19-7-9-2-1-3-11(16-9)13(17)18/h1-6H,7H2,(H,17,18). The van der Waals surface area contributed by atoms with Gasteiger partial charge in [0, 0.05) is 5.02 Å². The van der Waals surface area contributed by atoms with Crippen LogP contribution < -0.4 is 4.74 Å². The van der Waals surface area contributed by atoms with Gasteiger partial charge in [0.1, 0.15) is 18.1 Å². The predicted molar refractivity (Wildman–Crippen MR) is 74.7 cm³/mol. The molecule has 6 heteroatoms. The molecule has 0 unspecified atom stereocenters. The van der Waals surface area contributed by atoms with E-state index in [2.05, 4.69) is 20.9 Å². The monoisotopic (exact) mass is 341 g/mol. The minimum Gasteiger partial charge on any atom is -0.486 e. The summed E-state index contributed by atoms with van der Waals surface area (Å²) in [5.74, 6) is -0.443. The molecule has 1 aromatic heterocycles. The van der Waals surface area contributed by atoms with Gasteiger partial charge in [0.2, 0.25) is 0 Å². The van der Waals surface area contributed by atoms with E-state index < -0.39 is 5.97 Å². The van der Waals surface area contributed by atoms with Crippen molar-refractivity contribution in [2.45, 2.75) is 6.61 Å². The lowest BCUT2D eigenvalue weighted by molar-refractivity contribution is 0.0690. The van der Waals surface area contributed by atoms with Gasteiger partial charge in [-0.15, -0.1) is 0 Å². The quantitative estimate of drug-likeness (QED) is 0.918. The van der Waals surface area contributed by atoms with E-state index in [4.69, 9.17) is 21.4 Å². The second kappa shape index (κ2) is 6.04. The SMILES string of the molecule is O=C(O)c1cccc(COc2ccc(Cl)cc2Br)n1. The lowest BCUT2D eigenvalue weighted by atomic mass is 10.3. The normalized spacial score (nSPS) is 10.2. The summed E-state index contributed by atoms with van der Waals surface area (Å²) in [5.41, 5.74) is 0.540. The van der Waals surface area contributed by atoms with Gasteiger partial charge in [-0.2, -0.15) is 0 Å². The van der Waals surface area contributed by atoms with Crippen LogP contribution in [-0.2, 0) is 6.61 Å². The Bertz CT molecular complexity index is 619. The molecule has 2 rings (SSSR count). The maximum Gasteiger partial charge on any atom is 0.354 e. The molecule has 0 spiro atoms. The second-order valence-electron chi connectivity index (χ2n) is 3.68. The first-order valence-corrected chi connectivity index (χ1v) is 6.50. The summed E-state index contributed by atoms with van der Waals surface area (Å²) in [6.07, 6.45) is 0. The molecule has 0 saturated heterocycles. The van der Waals surface area contributed by atoms with E-state index in [-0.39, 0.29) is 12.3 Å². The van der Waals surface area contributed by atoms with Crippen LogP contribution in [0.15, 0.2) is 40.9 Å². The number of aromatic carboxylic acids is 1. The minimum absolute atomic E-state index is 0.00345. The van der Waals surface area contributed by atoms with E-state index in [0.717, 1.165) is 4.47 Å². The van der Waals surface area contributed by atoms with E-state index in [1.165, 1.54) is 6.07 Å². The van der Waals surface area contributed by atoms with Gasteiger partial charge in [0.25, 0.3) is 0 Å². The van der Waals surface area contributed by atoms with Crippen molar-refractivity contribution in [2.24, 2.45) is 0 Å². The van der Waals surface area contributed by atoms with Crippen LogP contribution in [-0.4, -0.2) is 16.1 Å². The molecular formula is C13H9BrClNO3. The number of pyridine rings is 1. The van der Waals surface area contributed by atoms with E-state index in [1.807, 2.05) is 0 Å². The lowest BCUT2D eigenvalue weighted by Crippen LogP contribution is -2.05. The highest BCUT2D eigenvalue weighted by Gasteiger charge is 2.07. The average Bonchev–Trinajstić information content (AvgIpc) is 2.38. The van der Waals surface area contributed by atoms with E-state index >= 15 is 0 Å². The average molecular weight is 343 g/mol. The Morgan fingerprint density at radius 2 is 2.16 bits per heavy atom. The number of nitrogens with zero attached hydrogens (tertiary/aromatic N) is 1. The molecule has 0 amide bonds. The fourth-order valence-electron chi connectivity index (χ4n) is 1.42. The molecule has 0 atom stereocenters. The van der Waals surface area contributed by atoms with Gasteiger partial charge in [-0.1, -0.05) is 17.7 Å². The molecule has 0 radical (unpaired) electrons. The molecule has 0 aliphatic heterocycles. The van der Waals surface area contributed by atoms with Crippen LogP contribution in [0.3, 0.4) is 0 Å². The minimum atomic E-state index is -1.06. The zero-order chi connectivity index (χ0) is 13.8. The summed E-state index contributed by atoms with van der Waals surface area (Å²) in [7, 11) is 0. The molecule has 0 aliphatic carbocycles. The Morgan fingerprint density at radius 3 is 2.84 bits per heavy atom. The van der Waals surface area contributed by atoms with E-state index in [1.54, 1.807) is 30.3 Å². The molecule has 4 nitrogen and oxygen atoms in total. The fraction of sp³-hybridized carbons (Fsp3) is 0.0769. The maximum absolute atomic E-state index is 10.8. The number of carboxylic acids is 1. The molecule has 1 heterocycles. The zero-order valence-corrected chi connectivity index (χ0v) is 12.0. The molecule has 0 fully saturated rings. The van der Waals surface area contributed by atoms with Gasteiger partial charge in [0.05, 0.1) is 10.2 Å². The number of carbonyl (C=O) groups is 1. The molecule has 0 bridgehead atoms. The van der Waals surface area contributed by atoms with Crippen molar-refractivity contribution in [3.63, 3.8) is 0 Å². The fourth-order valence-corrected chi connectivity index (χ4v) is 2.22. The van der Waals surface area contributed by atoms with Crippen molar-refractivity contribution in [1.29, 1.82) is 0 Å². The van der Waals surface area contributed by atoms with E-state index in [9.17, 15) is 4.79 Å². The number of hydrogen-bond donors (Lipinski definition) is 1. The molecule has 19 heavy (non-hydrogen) atoms. The van der Waals surface area contributed by atoms with Gasteiger partial charge in [0.15, 0.2) is 0 Å². The Hall–Kier alpha value is -1.59. The van der Waals surface area contributed by atoms with Crippen LogP contribution in [0.25, 0.3) is 0 Å². The maximum atomic E-state index is 10.8. The Morgan fingerprint density at radius 1 is 1.37 bits per heavy atom. The van der Waals surface area contributed by atoms with Crippen molar-refractivity contribution in [3.8, 4) is 5.75 Å². The predicted octanol–water partition coefficient (Wildman–Crippen LogP) is 3.77. The van der Waals surface area contributed by atoms with Gasteiger partial charge >= 0.3 is 5.97 Å². The van der Waals surface area contributed by atoms with Crippen molar-refractivity contribution in [3.05, 3.63) is 57.3 Å². The van der Waals surface area contributed by atoms with Crippen LogP contribution >= 0.6 is 27.5 Å². The highest BCUT2D eigenvalue weighted by Crippen LogP contribution is 2.28. The molecule has 0 aliphatic rings. The summed E-state index contributed by atoms with van der Waals surface area (Å²) >= 11 is 9.16. The number of benzene rings is 1. The number of ether oxygens (including phenoxy) is 1. The molecular weight excluding hydrogens is 334 g/mol. The smallest absolute Gasteiger partial charge is 0.354 e. The van der Waals surface area contributed by atoms with Gasteiger partial charge < -0.3 is 9.84 Å². The van der Waals surface area contributed by atoms with Gasteiger partial charge in [-0.05, 0) is 46.3 Å². The summed E-state index contributed by atoms with van der Waals surface area (Å²) in [4.78, 5) is 14.8. The summed E-state index contributed by atoms with van der Waals surface area (Å²) < 4.78 is 6.28. The summed E-state index contributed by atoms with van der Waals surface area (Å²) in [6.45, 7) is 0.182. The van der Waals surface area contributed by atoms with Crippen LogP contribution in [0, 0.1) is 0 Å². The van der Waals surface area contributed by atoms with Crippen LogP contribution in [0.1, 0.15) is 16.2 Å². The molecule has 98 valence electrons. The highest BCUT2D eigenvalue weighted by atomic mass is 79.9. The van der Waals surface area contributed by atoms with Gasteiger partial charge in [-0.3, -0.25) is 0 Å². The van der Waals surface area contributed by atoms with Crippen molar-refractivity contribution < 1.29 is 14.6 Å². The third kappa shape index (κ3) is 3.68. The lowest BCUT2D eigenvalue weighted by Gasteiger charge is -2.08. The number of rotatable bonds is 4. The van der Waals surface area contributed by atoms with Crippen LogP contribution in [0.2, 0.25) is 5.02 Å². The third-order valence-electron chi connectivity index (χ3n) is 2.30. The number of carboxylic acid groups (broad SMARTS) is 1. The Labute approximate surface area is 123 Å². The molecule has 1 aromatic carbocycles. The summed E-state index contributed by atoms with van der Waals surface area (Å²) in [5, 5.41) is 9.45. The Balaban J connectivity index is 2.10. The first kappa shape index (κ1) is 13.8. The number of halogens is 2. The Kier molecular flexibility index (Phi) is 4.39. The first-order chi connectivity index (χ1) is 9.06. The second-order valence-corrected chi connectivity index (χ2v) is 4.97. The third-order valence-corrected chi connectivity index (χ3v) is 3.15. The summed E-state index contributed by atoms with van der Waals surface area (Å²) in [6, 6.07) is 9.93. The van der Waals surface area contributed by atoms with Crippen molar-refractivity contribution in [1.82, 2.24) is 4.98 Å². The van der Waals surface area contributed by atoms with Crippen molar-refractivity contribution >= 4 is 33.5 Å². The molecule has 0 saturated carbocycles. The van der Waals surface area contributed by atoms with Crippen molar-refractivity contribution in [2.75, 3.05) is 0 Å². The van der Waals surface area contributed by atoms with E-state index in [0.29, 0.717) is 16.5 Å². The topological polar surface area (TPSA) is 59.4 Å². The van der Waals surface area contributed by atoms with Crippen LogP contribution in [0.4, 0.5) is 0 Å². The molecule has 2 aromatic rings. The van der Waals surface area contributed by atoms with Crippen LogP contribution in [0.5, 0.6) is 5.75 Å². The van der Waals surface area contributed by atoms with Gasteiger partial charge in [-0.25, -0.2) is 9.78 Å². The number of aromatic nitrogens is 1. The largest absolute Gasteiger partial charge is 0.486 e.